The number of rotatable bonds is 6. The molecule has 0 atom stereocenters. The van der Waals surface area contributed by atoms with Gasteiger partial charge >= 0.3 is 0 Å². The number of carbonyl (C=O) groups is 1. The second-order valence-electron chi connectivity index (χ2n) is 6.51. The molecule has 1 aromatic carbocycles. The lowest BCUT2D eigenvalue weighted by Crippen LogP contribution is -2.32. The molecule has 1 N–H and O–H groups in total. The van der Waals surface area contributed by atoms with Crippen LogP contribution in [0.3, 0.4) is 0 Å². The maximum absolute atomic E-state index is 12.3. The van der Waals surface area contributed by atoms with Crippen molar-refractivity contribution in [1.82, 2.24) is 10.3 Å². The molecule has 6 heteroatoms. The lowest BCUT2D eigenvalue weighted by molar-refractivity contribution is -0.118. The first-order valence-electron chi connectivity index (χ1n) is 8.98. The largest absolute Gasteiger partial charge is 0.356 e. The van der Waals surface area contributed by atoms with Crippen molar-refractivity contribution in [2.45, 2.75) is 37.6 Å². The van der Waals surface area contributed by atoms with Gasteiger partial charge in [-0.25, -0.2) is 4.98 Å². The van der Waals surface area contributed by atoms with Crippen LogP contribution in [0.5, 0.6) is 0 Å². The number of nitrogens with zero attached hydrogens (tertiary/aromatic N) is 2. The number of aryl methyl sites for hydroxylation is 1. The predicted molar refractivity (Wildman–Crippen MR) is 112 cm³/mol. The molecule has 2 aromatic rings. The molecule has 138 valence electrons. The summed E-state index contributed by atoms with van der Waals surface area (Å²) in [5, 5.41) is 3.04. The van der Waals surface area contributed by atoms with Gasteiger partial charge in [-0.3, -0.25) is 4.79 Å². The van der Waals surface area contributed by atoms with Crippen molar-refractivity contribution in [3.8, 4) is 0 Å². The molecule has 0 bridgehead atoms. The molecule has 1 aliphatic heterocycles. The molecule has 4 nitrogen and oxygen atoms in total. The van der Waals surface area contributed by atoms with E-state index in [2.05, 4.69) is 50.2 Å². The number of thioether (sulfide) groups is 1. The van der Waals surface area contributed by atoms with E-state index < -0.39 is 0 Å². The van der Waals surface area contributed by atoms with Crippen molar-refractivity contribution >= 4 is 39.4 Å². The van der Waals surface area contributed by atoms with Crippen LogP contribution in [0.25, 0.3) is 0 Å². The fraction of sp³-hybridized carbons (Fsp3) is 0.400. The number of aromatic nitrogens is 1. The summed E-state index contributed by atoms with van der Waals surface area (Å²) >= 11 is 5.04. The van der Waals surface area contributed by atoms with Crippen molar-refractivity contribution in [1.29, 1.82) is 0 Å². The Hall–Kier alpha value is -1.53. The third kappa shape index (κ3) is 5.24. The molecule has 1 saturated heterocycles. The highest BCUT2D eigenvalue weighted by atomic mass is 79.9. The number of amides is 1. The monoisotopic (exact) mass is 433 g/mol. The summed E-state index contributed by atoms with van der Waals surface area (Å²) in [6.45, 7) is 4.69. The second-order valence-corrected chi connectivity index (χ2v) is 8.44. The summed E-state index contributed by atoms with van der Waals surface area (Å²) in [6.07, 6.45) is 5.56. The zero-order valence-corrected chi connectivity index (χ0v) is 17.4. The maximum Gasteiger partial charge on any atom is 0.230 e. The lowest BCUT2D eigenvalue weighted by atomic mass is 10.1. The minimum Gasteiger partial charge on any atom is -0.356 e. The molecule has 0 saturated carbocycles. The first kappa shape index (κ1) is 19.2. The van der Waals surface area contributed by atoms with Gasteiger partial charge in [0.2, 0.25) is 5.91 Å². The van der Waals surface area contributed by atoms with Crippen molar-refractivity contribution in [3.05, 3.63) is 52.1 Å². The number of hydrogen-bond donors (Lipinski definition) is 1. The van der Waals surface area contributed by atoms with Gasteiger partial charge in [0.1, 0.15) is 5.82 Å². The Morgan fingerprint density at radius 1 is 1.27 bits per heavy atom. The fourth-order valence-electron chi connectivity index (χ4n) is 3.12. The van der Waals surface area contributed by atoms with Gasteiger partial charge in [-0.2, -0.15) is 0 Å². The molecule has 0 aliphatic carbocycles. The molecule has 0 radical (unpaired) electrons. The topological polar surface area (TPSA) is 45.2 Å². The van der Waals surface area contributed by atoms with E-state index in [1.807, 2.05) is 24.4 Å². The van der Waals surface area contributed by atoms with Crippen LogP contribution in [0.4, 0.5) is 5.82 Å². The van der Waals surface area contributed by atoms with Crippen LogP contribution in [0, 0.1) is 6.92 Å². The number of benzene rings is 1. The normalized spacial score (nSPS) is 14.3. The molecule has 2 heterocycles. The number of halogens is 1. The van der Waals surface area contributed by atoms with Gasteiger partial charge in [-0.1, -0.05) is 22.0 Å². The quantitative estimate of drug-likeness (QED) is 0.678. The van der Waals surface area contributed by atoms with Crippen LogP contribution < -0.4 is 10.2 Å². The molecule has 1 aliphatic rings. The molecule has 1 aromatic heterocycles. The van der Waals surface area contributed by atoms with E-state index >= 15 is 0 Å². The van der Waals surface area contributed by atoms with Crippen LogP contribution in [0.15, 0.2) is 45.9 Å². The summed E-state index contributed by atoms with van der Waals surface area (Å²) < 4.78 is 1.06. The second kappa shape index (κ2) is 9.42. The minimum atomic E-state index is 0.0470. The Labute approximate surface area is 167 Å². The van der Waals surface area contributed by atoms with Gasteiger partial charge in [0, 0.05) is 40.8 Å². The molecule has 0 unspecified atom stereocenters. The fourth-order valence-corrected chi connectivity index (χ4v) is 4.44. The van der Waals surface area contributed by atoms with Crippen LogP contribution in [0.1, 0.15) is 30.4 Å². The van der Waals surface area contributed by atoms with Gasteiger partial charge in [-0.05, 0) is 56.0 Å². The molecule has 0 spiro atoms. The van der Waals surface area contributed by atoms with E-state index in [9.17, 15) is 4.79 Å². The summed E-state index contributed by atoms with van der Waals surface area (Å²) in [7, 11) is 0. The van der Waals surface area contributed by atoms with Crippen molar-refractivity contribution < 1.29 is 4.79 Å². The van der Waals surface area contributed by atoms with Crippen LogP contribution in [0.2, 0.25) is 0 Å². The Morgan fingerprint density at radius 2 is 2.08 bits per heavy atom. The standard InChI is InChI=1S/C20H24BrN3OS/c1-15-12-17(21)7-8-18(15)26-14-19(25)23-13-16-6-5-9-22-20(16)24-10-3-2-4-11-24/h5-9,12H,2-4,10-11,13-14H2,1H3,(H,23,25). The van der Waals surface area contributed by atoms with E-state index in [0.717, 1.165) is 33.8 Å². The summed E-state index contributed by atoms with van der Waals surface area (Å²) in [5.74, 6) is 1.48. The Balaban J connectivity index is 1.54. The highest BCUT2D eigenvalue weighted by Gasteiger charge is 2.16. The SMILES string of the molecule is Cc1cc(Br)ccc1SCC(=O)NCc1cccnc1N1CCCCC1. The number of pyridine rings is 1. The third-order valence-electron chi connectivity index (χ3n) is 4.49. The zero-order valence-electron chi connectivity index (χ0n) is 15.0. The van der Waals surface area contributed by atoms with Crippen molar-refractivity contribution in [2.24, 2.45) is 0 Å². The van der Waals surface area contributed by atoms with E-state index in [1.54, 1.807) is 11.8 Å². The number of piperidine rings is 1. The van der Waals surface area contributed by atoms with Crippen LogP contribution in [-0.4, -0.2) is 29.7 Å². The number of anilines is 1. The zero-order chi connectivity index (χ0) is 18.4. The van der Waals surface area contributed by atoms with E-state index in [0.29, 0.717) is 12.3 Å². The van der Waals surface area contributed by atoms with Gasteiger partial charge in [0.25, 0.3) is 0 Å². The highest BCUT2D eigenvalue weighted by Crippen LogP contribution is 2.25. The van der Waals surface area contributed by atoms with E-state index in [-0.39, 0.29) is 5.91 Å². The van der Waals surface area contributed by atoms with Gasteiger partial charge < -0.3 is 10.2 Å². The number of hydrogen-bond acceptors (Lipinski definition) is 4. The van der Waals surface area contributed by atoms with Crippen molar-refractivity contribution in [2.75, 3.05) is 23.7 Å². The average molecular weight is 434 g/mol. The lowest BCUT2D eigenvalue weighted by Gasteiger charge is -2.29. The van der Waals surface area contributed by atoms with Gasteiger partial charge in [-0.15, -0.1) is 11.8 Å². The van der Waals surface area contributed by atoms with Gasteiger partial charge in [0.05, 0.1) is 5.75 Å². The minimum absolute atomic E-state index is 0.0470. The molecular formula is C20H24BrN3OS. The highest BCUT2D eigenvalue weighted by molar-refractivity contribution is 9.10. The summed E-state index contributed by atoms with van der Waals surface area (Å²) in [5.41, 5.74) is 2.27. The predicted octanol–water partition coefficient (Wildman–Crippen LogP) is 4.55. The number of nitrogens with one attached hydrogen (secondary N) is 1. The molecular weight excluding hydrogens is 410 g/mol. The Kier molecular flexibility index (Phi) is 6.97. The Bertz CT molecular complexity index is 762. The maximum atomic E-state index is 12.3. The molecule has 26 heavy (non-hydrogen) atoms. The average Bonchev–Trinajstić information content (AvgIpc) is 2.66. The third-order valence-corrected chi connectivity index (χ3v) is 6.16. The number of carbonyl (C=O) groups excluding carboxylic acids is 1. The smallest absolute Gasteiger partial charge is 0.230 e. The van der Waals surface area contributed by atoms with Crippen LogP contribution in [-0.2, 0) is 11.3 Å². The summed E-state index contributed by atoms with van der Waals surface area (Å²) in [4.78, 5) is 20.3. The molecule has 1 fully saturated rings. The molecule has 1 amide bonds. The molecule has 3 rings (SSSR count). The summed E-state index contributed by atoms with van der Waals surface area (Å²) in [6, 6.07) is 10.1. The van der Waals surface area contributed by atoms with Crippen LogP contribution >= 0.6 is 27.7 Å². The van der Waals surface area contributed by atoms with E-state index in [4.69, 9.17) is 0 Å². The van der Waals surface area contributed by atoms with Gasteiger partial charge in [0.15, 0.2) is 0 Å². The van der Waals surface area contributed by atoms with Crippen molar-refractivity contribution in [3.63, 3.8) is 0 Å². The first-order valence-corrected chi connectivity index (χ1v) is 10.8. The first-order chi connectivity index (χ1) is 12.6. The van der Waals surface area contributed by atoms with E-state index in [1.165, 1.54) is 24.8 Å². The Morgan fingerprint density at radius 3 is 2.85 bits per heavy atom.